The van der Waals surface area contributed by atoms with Gasteiger partial charge in [-0.3, -0.25) is 0 Å². The van der Waals surface area contributed by atoms with Crippen LogP contribution in [0, 0.1) is 0 Å². The SMILES string of the molecule is CCCc1nc(Br)cc(N(C)C(C)COC)n1. The van der Waals surface area contributed by atoms with Crippen molar-refractivity contribution in [3.8, 4) is 0 Å². The zero-order chi connectivity index (χ0) is 12.8. The zero-order valence-electron chi connectivity index (χ0n) is 10.9. The summed E-state index contributed by atoms with van der Waals surface area (Å²) in [6.07, 6.45) is 1.95. The number of aromatic nitrogens is 2. The van der Waals surface area contributed by atoms with Gasteiger partial charge in [0, 0.05) is 26.6 Å². The lowest BCUT2D eigenvalue weighted by Gasteiger charge is -2.25. The Hall–Kier alpha value is -0.680. The molecule has 0 bridgehead atoms. The Morgan fingerprint density at radius 1 is 1.47 bits per heavy atom. The largest absolute Gasteiger partial charge is 0.383 e. The van der Waals surface area contributed by atoms with Crippen molar-refractivity contribution in [1.29, 1.82) is 0 Å². The first kappa shape index (κ1) is 14.4. The van der Waals surface area contributed by atoms with Crippen molar-refractivity contribution in [3.05, 3.63) is 16.5 Å². The van der Waals surface area contributed by atoms with Crippen molar-refractivity contribution in [3.63, 3.8) is 0 Å². The Bertz CT molecular complexity index is 360. The van der Waals surface area contributed by atoms with E-state index in [1.165, 1.54) is 0 Å². The molecule has 0 aliphatic carbocycles. The smallest absolute Gasteiger partial charge is 0.133 e. The van der Waals surface area contributed by atoms with E-state index in [0.717, 1.165) is 29.1 Å². The highest BCUT2D eigenvalue weighted by molar-refractivity contribution is 9.10. The maximum atomic E-state index is 5.16. The second-order valence-corrected chi connectivity index (χ2v) is 4.94. The summed E-state index contributed by atoms with van der Waals surface area (Å²) in [6.45, 7) is 4.92. The van der Waals surface area contributed by atoms with E-state index in [4.69, 9.17) is 4.74 Å². The normalized spacial score (nSPS) is 12.5. The maximum absolute atomic E-state index is 5.16. The van der Waals surface area contributed by atoms with Crippen molar-refractivity contribution >= 4 is 21.7 Å². The van der Waals surface area contributed by atoms with Crippen LogP contribution in [0.5, 0.6) is 0 Å². The average Bonchev–Trinajstić information content (AvgIpc) is 2.28. The van der Waals surface area contributed by atoms with Gasteiger partial charge in [0.2, 0.25) is 0 Å². The minimum atomic E-state index is 0.288. The molecule has 4 nitrogen and oxygen atoms in total. The number of nitrogens with zero attached hydrogens (tertiary/aromatic N) is 3. The van der Waals surface area contributed by atoms with Crippen molar-refractivity contribution in [2.45, 2.75) is 32.7 Å². The number of ether oxygens (including phenoxy) is 1. The zero-order valence-corrected chi connectivity index (χ0v) is 12.5. The van der Waals surface area contributed by atoms with Crippen molar-refractivity contribution in [2.75, 3.05) is 25.7 Å². The summed E-state index contributed by atoms with van der Waals surface area (Å²) in [5, 5.41) is 0. The lowest BCUT2D eigenvalue weighted by molar-refractivity contribution is 0.183. The highest BCUT2D eigenvalue weighted by Crippen LogP contribution is 2.18. The van der Waals surface area contributed by atoms with Gasteiger partial charge >= 0.3 is 0 Å². The Morgan fingerprint density at radius 3 is 2.76 bits per heavy atom. The predicted octanol–water partition coefficient (Wildman–Crippen LogP) is 2.66. The monoisotopic (exact) mass is 301 g/mol. The molecule has 0 spiro atoms. The van der Waals surface area contributed by atoms with Gasteiger partial charge in [0.15, 0.2) is 0 Å². The second-order valence-electron chi connectivity index (χ2n) is 4.13. The standard InChI is InChI=1S/C12H20BrN3O/c1-5-6-11-14-10(13)7-12(15-11)16(3)9(2)8-17-4/h7,9H,5-6,8H2,1-4H3. The van der Waals surface area contributed by atoms with E-state index in [1.54, 1.807) is 7.11 Å². The van der Waals surface area contributed by atoms with Crippen molar-refractivity contribution < 1.29 is 4.74 Å². The minimum absolute atomic E-state index is 0.288. The molecule has 0 aliphatic rings. The second kappa shape index (κ2) is 6.91. The van der Waals surface area contributed by atoms with Gasteiger partial charge in [-0.15, -0.1) is 0 Å². The molecule has 0 aliphatic heterocycles. The van der Waals surface area contributed by atoms with Gasteiger partial charge in [-0.05, 0) is 29.3 Å². The number of likely N-dealkylation sites (N-methyl/N-ethyl adjacent to an activating group) is 1. The van der Waals surface area contributed by atoms with Gasteiger partial charge in [-0.1, -0.05) is 6.92 Å². The fraction of sp³-hybridized carbons (Fsp3) is 0.667. The summed E-state index contributed by atoms with van der Waals surface area (Å²) in [5.74, 6) is 1.81. The predicted molar refractivity (Wildman–Crippen MR) is 73.5 cm³/mol. The van der Waals surface area contributed by atoms with Crippen LogP contribution in [0.15, 0.2) is 10.7 Å². The number of hydrogen-bond acceptors (Lipinski definition) is 4. The number of aryl methyl sites for hydroxylation is 1. The van der Waals surface area contributed by atoms with Gasteiger partial charge in [0.05, 0.1) is 12.6 Å². The van der Waals surface area contributed by atoms with Crippen LogP contribution in [0.3, 0.4) is 0 Å². The number of methoxy groups -OCH3 is 1. The molecule has 17 heavy (non-hydrogen) atoms. The van der Waals surface area contributed by atoms with Crippen LogP contribution in [-0.2, 0) is 11.2 Å². The van der Waals surface area contributed by atoms with Gasteiger partial charge in [0.1, 0.15) is 16.2 Å². The summed E-state index contributed by atoms with van der Waals surface area (Å²) < 4.78 is 5.99. The molecule has 1 rings (SSSR count). The van der Waals surface area contributed by atoms with Gasteiger partial charge in [-0.2, -0.15) is 0 Å². The third kappa shape index (κ3) is 4.24. The van der Waals surface area contributed by atoms with Crippen LogP contribution in [0.4, 0.5) is 5.82 Å². The molecule has 0 saturated heterocycles. The average molecular weight is 302 g/mol. The van der Waals surface area contributed by atoms with Crippen molar-refractivity contribution in [1.82, 2.24) is 9.97 Å². The van der Waals surface area contributed by atoms with Gasteiger partial charge in [-0.25, -0.2) is 9.97 Å². The van der Waals surface area contributed by atoms with E-state index < -0.39 is 0 Å². The van der Waals surface area contributed by atoms with E-state index in [0.29, 0.717) is 6.61 Å². The quantitative estimate of drug-likeness (QED) is 0.757. The first-order valence-electron chi connectivity index (χ1n) is 5.83. The summed E-state index contributed by atoms with van der Waals surface area (Å²) in [5.41, 5.74) is 0. The summed E-state index contributed by atoms with van der Waals surface area (Å²) >= 11 is 3.43. The molecule has 1 aromatic rings. The Labute approximate surface area is 112 Å². The van der Waals surface area contributed by atoms with Gasteiger partial charge in [0.25, 0.3) is 0 Å². The number of anilines is 1. The summed E-state index contributed by atoms with van der Waals surface area (Å²) in [4.78, 5) is 11.0. The molecule has 0 fully saturated rings. The number of halogens is 1. The highest BCUT2D eigenvalue weighted by atomic mass is 79.9. The van der Waals surface area contributed by atoms with E-state index in [9.17, 15) is 0 Å². The van der Waals surface area contributed by atoms with Crippen molar-refractivity contribution in [2.24, 2.45) is 0 Å². The van der Waals surface area contributed by atoms with E-state index in [2.05, 4.69) is 44.6 Å². The molecular formula is C12H20BrN3O. The third-order valence-corrected chi connectivity index (χ3v) is 3.04. The van der Waals surface area contributed by atoms with Gasteiger partial charge < -0.3 is 9.64 Å². The molecule has 0 aromatic carbocycles. The summed E-state index contributed by atoms with van der Waals surface area (Å²) in [6, 6.07) is 2.22. The molecule has 1 aromatic heterocycles. The molecule has 0 N–H and O–H groups in total. The molecule has 0 radical (unpaired) electrons. The first-order chi connectivity index (χ1) is 8.08. The van der Waals surface area contributed by atoms with E-state index in [-0.39, 0.29) is 6.04 Å². The third-order valence-electron chi connectivity index (χ3n) is 2.63. The fourth-order valence-corrected chi connectivity index (χ4v) is 1.96. The molecule has 1 unspecified atom stereocenters. The van der Waals surface area contributed by atoms with Crippen LogP contribution < -0.4 is 4.90 Å². The highest BCUT2D eigenvalue weighted by Gasteiger charge is 2.12. The fourth-order valence-electron chi connectivity index (χ4n) is 1.55. The van der Waals surface area contributed by atoms with Crippen LogP contribution in [0.2, 0.25) is 0 Å². The van der Waals surface area contributed by atoms with E-state index >= 15 is 0 Å². The van der Waals surface area contributed by atoms with E-state index in [1.807, 2.05) is 13.1 Å². The molecular weight excluding hydrogens is 282 g/mol. The lowest BCUT2D eigenvalue weighted by atomic mass is 10.3. The molecule has 0 saturated carbocycles. The Balaban J connectivity index is 2.88. The minimum Gasteiger partial charge on any atom is -0.383 e. The Morgan fingerprint density at radius 2 is 2.18 bits per heavy atom. The van der Waals surface area contributed by atoms with Crippen LogP contribution in [-0.4, -0.2) is 36.8 Å². The molecule has 1 atom stereocenters. The first-order valence-corrected chi connectivity index (χ1v) is 6.63. The van der Waals surface area contributed by atoms with Crippen LogP contribution in [0.25, 0.3) is 0 Å². The maximum Gasteiger partial charge on any atom is 0.133 e. The van der Waals surface area contributed by atoms with Crippen LogP contribution in [0.1, 0.15) is 26.1 Å². The Kier molecular flexibility index (Phi) is 5.85. The molecule has 5 heteroatoms. The summed E-state index contributed by atoms with van der Waals surface area (Å²) in [7, 11) is 3.73. The number of rotatable bonds is 6. The number of hydrogen-bond donors (Lipinski definition) is 0. The van der Waals surface area contributed by atoms with Crippen LogP contribution >= 0.6 is 15.9 Å². The lowest BCUT2D eigenvalue weighted by Crippen LogP contribution is -2.33. The molecule has 0 amide bonds. The molecule has 96 valence electrons. The molecule has 1 heterocycles. The topological polar surface area (TPSA) is 38.2 Å².